The van der Waals surface area contributed by atoms with Gasteiger partial charge in [0.05, 0.1) is 19.3 Å². The van der Waals surface area contributed by atoms with Crippen LogP contribution in [0.25, 0.3) is 6.08 Å². The Bertz CT molecular complexity index is 1260. The van der Waals surface area contributed by atoms with Crippen LogP contribution in [-0.2, 0) is 16.1 Å². The van der Waals surface area contributed by atoms with Gasteiger partial charge in [-0.15, -0.1) is 0 Å². The number of esters is 1. The molecule has 0 saturated carbocycles. The van der Waals surface area contributed by atoms with Crippen LogP contribution in [0.1, 0.15) is 28.4 Å². The normalized spacial score (nSPS) is 10.7. The number of halogens is 1. The number of hydrogen-bond acceptors (Lipinski definition) is 6. The molecular weight excluding hydrogens is 468 g/mol. The van der Waals surface area contributed by atoms with E-state index in [4.69, 9.17) is 21.1 Å². The SMILES string of the molecule is CCOc1cc(/C=C(\C#N)C(=O)Nc2ccc(C(=O)OC)cc2)ccc1OCc1ccc(Cl)cc1. The van der Waals surface area contributed by atoms with Gasteiger partial charge >= 0.3 is 5.97 Å². The molecule has 178 valence electrons. The fourth-order valence-corrected chi connectivity index (χ4v) is 3.19. The zero-order valence-corrected chi connectivity index (χ0v) is 20.0. The zero-order chi connectivity index (χ0) is 25.2. The molecule has 0 heterocycles. The Balaban J connectivity index is 1.74. The quantitative estimate of drug-likeness (QED) is 0.236. The lowest BCUT2D eigenvalue weighted by Gasteiger charge is -2.13. The predicted molar refractivity (Wildman–Crippen MR) is 133 cm³/mol. The maximum absolute atomic E-state index is 12.6. The minimum atomic E-state index is -0.584. The lowest BCUT2D eigenvalue weighted by atomic mass is 10.1. The number of amides is 1. The second kappa shape index (κ2) is 12.3. The number of benzene rings is 3. The van der Waals surface area contributed by atoms with Crippen molar-refractivity contribution in [3.8, 4) is 17.6 Å². The second-order valence-electron chi connectivity index (χ2n) is 7.25. The molecule has 0 bridgehead atoms. The van der Waals surface area contributed by atoms with Gasteiger partial charge in [0.1, 0.15) is 18.2 Å². The summed E-state index contributed by atoms with van der Waals surface area (Å²) in [6.45, 7) is 2.59. The molecule has 0 aliphatic rings. The van der Waals surface area contributed by atoms with Crippen LogP contribution in [0.2, 0.25) is 5.02 Å². The van der Waals surface area contributed by atoms with E-state index in [2.05, 4.69) is 10.1 Å². The van der Waals surface area contributed by atoms with E-state index in [1.54, 1.807) is 42.5 Å². The van der Waals surface area contributed by atoms with Crippen molar-refractivity contribution in [2.45, 2.75) is 13.5 Å². The Morgan fingerprint density at radius 1 is 1.00 bits per heavy atom. The maximum Gasteiger partial charge on any atom is 0.337 e. The second-order valence-corrected chi connectivity index (χ2v) is 7.68. The van der Waals surface area contributed by atoms with Crippen molar-refractivity contribution in [2.75, 3.05) is 19.0 Å². The van der Waals surface area contributed by atoms with Crippen LogP contribution >= 0.6 is 11.6 Å². The molecule has 0 saturated heterocycles. The molecule has 0 atom stereocenters. The highest BCUT2D eigenvalue weighted by molar-refractivity contribution is 6.30. The first kappa shape index (κ1) is 25.3. The number of hydrogen-bond donors (Lipinski definition) is 1. The first-order valence-electron chi connectivity index (χ1n) is 10.7. The van der Waals surface area contributed by atoms with Gasteiger partial charge < -0.3 is 19.5 Å². The third kappa shape index (κ3) is 7.10. The van der Waals surface area contributed by atoms with Crippen LogP contribution in [0.3, 0.4) is 0 Å². The average molecular weight is 491 g/mol. The predicted octanol–water partition coefficient (Wildman–Crippen LogP) is 5.65. The molecule has 0 aromatic heterocycles. The fourth-order valence-electron chi connectivity index (χ4n) is 3.06. The molecule has 0 spiro atoms. The molecule has 7 nitrogen and oxygen atoms in total. The average Bonchev–Trinajstić information content (AvgIpc) is 2.87. The van der Waals surface area contributed by atoms with Gasteiger partial charge in [-0.25, -0.2) is 4.79 Å². The Labute approximate surface area is 208 Å². The number of methoxy groups -OCH3 is 1. The topological polar surface area (TPSA) is 97.7 Å². The largest absolute Gasteiger partial charge is 0.490 e. The summed E-state index contributed by atoms with van der Waals surface area (Å²) in [6.07, 6.45) is 1.46. The Morgan fingerprint density at radius 2 is 1.71 bits per heavy atom. The smallest absolute Gasteiger partial charge is 0.337 e. The number of ether oxygens (including phenoxy) is 3. The van der Waals surface area contributed by atoms with Crippen LogP contribution in [0, 0.1) is 11.3 Å². The van der Waals surface area contributed by atoms with Crippen molar-refractivity contribution in [1.29, 1.82) is 5.26 Å². The van der Waals surface area contributed by atoms with Crippen molar-refractivity contribution in [2.24, 2.45) is 0 Å². The highest BCUT2D eigenvalue weighted by Gasteiger charge is 2.13. The molecular formula is C27H23ClN2O5. The lowest BCUT2D eigenvalue weighted by molar-refractivity contribution is -0.112. The van der Waals surface area contributed by atoms with Crippen molar-refractivity contribution in [1.82, 2.24) is 0 Å². The van der Waals surface area contributed by atoms with E-state index in [-0.39, 0.29) is 5.57 Å². The summed E-state index contributed by atoms with van der Waals surface area (Å²) >= 11 is 5.92. The highest BCUT2D eigenvalue weighted by Crippen LogP contribution is 2.30. The van der Waals surface area contributed by atoms with Gasteiger partial charge in [0.2, 0.25) is 0 Å². The zero-order valence-electron chi connectivity index (χ0n) is 19.2. The van der Waals surface area contributed by atoms with Gasteiger partial charge in [-0.2, -0.15) is 5.26 Å². The number of carbonyl (C=O) groups excluding carboxylic acids is 2. The fraction of sp³-hybridized carbons (Fsp3) is 0.148. The molecule has 3 aromatic rings. The number of carbonyl (C=O) groups is 2. The van der Waals surface area contributed by atoms with Crippen LogP contribution in [0.15, 0.2) is 72.3 Å². The maximum atomic E-state index is 12.6. The van der Waals surface area contributed by atoms with Gasteiger partial charge in [-0.3, -0.25) is 4.79 Å². The highest BCUT2D eigenvalue weighted by atomic mass is 35.5. The standard InChI is InChI=1S/C27H23ClN2O5/c1-3-34-25-15-19(6-13-24(25)35-17-18-4-9-22(28)10-5-18)14-21(16-29)26(31)30-23-11-7-20(8-12-23)27(32)33-2/h4-15H,3,17H2,1-2H3,(H,30,31)/b21-14+. The molecule has 0 radical (unpaired) electrons. The number of nitrogens with zero attached hydrogens (tertiary/aromatic N) is 1. The summed E-state index contributed by atoms with van der Waals surface area (Å²) in [4.78, 5) is 24.2. The first-order valence-corrected chi connectivity index (χ1v) is 11.1. The molecule has 3 rings (SSSR count). The molecule has 8 heteroatoms. The van der Waals surface area contributed by atoms with E-state index in [9.17, 15) is 14.9 Å². The van der Waals surface area contributed by atoms with Crippen LogP contribution in [0.5, 0.6) is 11.5 Å². The van der Waals surface area contributed by atoms with Crippen molar-refractivity contribution in [3.63, 3.8) is 0 Å². The molecule has 1 amide bonds. The van der Waals surface area contributed by atoms with Crippen LogP contribution < -0.4 is 14.8 Å². The van der Waals surface area contributed by atoms with E-state index in [1.807, 2.05) is 25.1 Å². The molecule has 1 N–H and O–H groups in total. The Hall–Kier alpha value is -4.28. The number of anilines is 1. The summed E-state index contributed by atoms with van der Waals surface area (Å²) in [7, 11) is 1.29. The van der Waals surface area contributed by atoms with E-state index < -0.39 is 11.9 Å². The Morgan fingerprint density at radius 3 is 2.34 bits per heavy atom. The first-order chi connectivity index (χ1) is 16.9. The summed E-state index contributed by atoms with van der Waals surface area (Å²) < 4.78 is 16.3. The van der Waals surface area contributed by atoms with E-state index in [0.29, 0.717) is 46.5 Å². The number of nitrogens with one attached hydrogen (secondary N) is 1. The van der Waals surface area contributed by atoms with Gasteiger partial charge in [0.15, 0.2) is 11.5 Å². The number of rotatable bonds is 9. The van der Waals surface area contributed by atoms with Crippen molar-refractivity contribution < 1.29 is 23.8 Å². The summed E-state index contributed by atoms with van der Waals surface area (Å²) in [5.41, 5.74) is 2.23. The van der Waals surface area contributed by atoms with Gasteiger partial charge in [0.25, 0.3) is 5.91 Å². The van der Waals surface area contributed by atoms with Crippen molar-refractivity contribution in [3.05, 3.63) is 94.0 Å². The van der Waals surface area contributed by atoms with E-state index >= 15 is 0 Å². The minimum Gasteiger partial charge on any atom is -0.490 e. The van der Waals surface area contributed by atoms with Gasteiger partial charge in [0, 0.05) is 10.7 Å². The lowest BCUT2D eigenvalue weighted by Crippen LogP contribution is -2.13. The number of nitriles is 1. The summed E-state index contributed by atoms with van der Waals surface area (Å²) in [6, 6.07) is 20.6. The van der Waals surface area contributed by atoms with E-state index in [0.717, 1.165) is 5.56 Å². The van der Waals surface area contributed by atoms with Crippen LogP contribution in [-0.4, -0.2) is 25.6 Å². The summed E-state index contributed by atoms with van der Waals surface area (Å²) in [5, 5.41) is 12.8. The molecule has 0 aliphatic carbocycles. The monoisotopic (exact) mass is 490 g/mol. The molecule has 0 aliphatic heterocycles. The molecule has 3 aromatic carbocycles. The van der Waals surface area contributed by atoms with Crippen molar-refractivity contribution >= 4 is 35.2 Å². The third-order valence-electron chi connectivity index (χ3n) is 4.82. The summed E-state index contributed by atoms with van der Waals surface area (Å²) in [5.74, 6) is -0.0376. The minimum absolute atomic E-state index is 0.0978. The van der Waals surface area contributed by atoms with Gasteiger partial charge in [-0.1, -0.05) is 29.8 Å². The van der Waals surface area contributed by atoms with E-state index in [1.165, 1.54) is 25.3 Å². The molecule has 35 heavy (non-hydrogen) atoms. The third-order valence-corrected chi connectivity index (χ3v) is 5.07. The molecule has 0 fully saturated rings. The van der Waals surface area contributed by atoms with Crippen LogP contribution in [0.4, 0.5) is 5.69 Å². The Kier molecular flexibility index (Phi) is 8.88. The van der Waals surface area contributed by atoms with Gasteiger partial charge in [-0.05, 0) is 72.7 Å². The molecule has 0 unspecified atom stereocenters.